The number of nitrogens with zero attached hydrogens (tertiary/aromatic N) is 2. The first-order chi connectivity index (χ1) is 16.1. The Morgan fingerprint density at radius 3 is 1.17 bits per heavy atom. The summed E-state index contributed by atoms with van der Waals surface area (Å²) in [5, 5.41) is 41.5. The van der Waals surface area contributed by atoms with Crippen molar-refractivity contribution >= 4 is 0 Å². The molecule has 0 unspecified atom stereocenters. The number of hydrogen-bond donors (Lipinski definition) is 0. The van der Waals surface area contributed by atoms with Crippen LogP contribution in [0.4, 0.5) is 17.6 Å². The molecule has 0 bridgehead atoms. The van der Waals surface area contributed by atoms with Gasteiger partial charge in [0.25, 0.3) is 0 Å². The molecule has 0 aliphatic rings. The molecule has 0 spiro atoms. The van der Waals surface area contributed by atoms with Gasteiger partial charge in [-0.1, -0.05) is 39.2 Å². The molecule has 0 saturated carbocycles. The van der Waals surface area contributed by atoms with Crippen molar-refractivity contribution < 1.29 is 59.7 Å². The molecular formula is C24H32F4N2O4Ti. The number of likely N-dealkylation sites (N-methyl/N-ethyl adjacent to an activating group) is 2. The van der Waals surface area contributed by atoms with Crippen LogP contribution in [0.25, 0.3) is 0 Å². The van der Waals surface area contributed by atoms with Crippen LogP contribution < -0.4 is 20.4 Å². The van der Waals surface area contributed by atoms with Crippen LogP contribution in [0.2, 0.25) is 0 Å². The molecule has 0 saturated heterocycles. The third-order valence-electron chi connectivity index (χ3n) is 4.59. The zero-order chi connectivity index (χ0) is 26.3. The van der Waals surface area contributed by atoms with E-state index >= 15 is 0 Å². The Hall–Kier alpha value is -1.69. The number of benzene rings is 2. The molecule has 6 nitrogen and oxygen atoms in total. The predicted octanol–water partition coefficient (Wildman–Crippen LogP) is 1.46. The van der Waals surface area contributed by atoms with Crippen LogP contribution >= 0.6 is 0 Å². The Morgan fingerprint density at radius 1 is 0.629 bits per heavy atom. The summed E-state index contributed by atoms with van der Waals surface area (Å²) in [6.07, 6.45) is 0. The first-order valence-corrected chi connectivity index (χ1v) is 11.0. The first-order valence-electron chi connectivity index (χ1n) is 11.0. The largest absolute Gasteiger partial charge is 4.00 e. The van der Waals surface area contributed by atoms with Gasteiger partial charge in [-0.3, -0.25) is 9.80 Å². The van der Waals surface area contributed by atoms with Crippen LogP contribution in [0.1, 0.15) is 38.8 Å². The summed E-state index contributed by atoms with van der Waals surface area (Å²) < 4.78 is 53.6. The van der Waals surface area contributed by atoms with Gasteiger partial charge < -0.3 is 20.4 Å². The average Bonchev–Trinajstić information content (AvgIpc) is 2.77. The van der Waals surface area contributed by atoms with E-state index in [2.05, 4.69) is 0 Å². The minimum absolute atomic E-state index is 0. The van der Waals surface area contributed by atoms with E-state index in [4.69, 9.17) is 10.2 Å². The molecule has 0 amide bonds. The van der Waals surface area contributed by atoms with Crippen LogP contribution in [-0.4, -0.2) is 49.2 Å². The van der Waals surface area contributed by atoms with E-state index in [0.29, 0.717) is 38.3 Å². The third-order valence-corrected chi connectivity index (χ3v) is 4.59. The third kappa shape index (κ3) is 13.3. The average molecular weight is 536 g/mol. The van der Waals surface area contributed by atoms with Gasteiger partial charge >= 0.3 is 21.7 Å². The molecule has 2 aromatic carbocycles. The van der Waals surface area contributed by atoms with Crippen molar-refractivity contribution in [2.45, 2.75) is 40.8 Å². The van der Waals surface area contributed by atoms with Gasteiger partial charge in [-0.2, -0.15) is 0 Å². The Labute approximate surface area is 219 Å². The molecule has 0 aromatic heterocycles. The summed E-state index contributed by atoms with van der Waals surface area (Å²) >= 11 is 0. The number of hydrogen-bond acceptors (Lipinski definition) is 6. The van der Waals surface area contributed by atoms with Crippen molar-refractivity contribution in [1.82, 2.24) is 9.80 Å². The second kappa shape index (κ2) is 19.5. The van der Waals surface area contributed by atoms with Gasteiger partial charge in [0.1, 0.15) is 23.3 Å². The van der Waals surface area contributed by atoms with Gasteiger partial charge in [0, 0.05) is 38.3 Å². The molecule has 2 rings (SSSR count). The second-order valence-corrected chi connectivity index (χ2v) is 7.07. The zero-order valence-electron chi connectivity index (χ0n) is 20.5. The van der Waals surface area contributed by atoms with Crippen molar-refractivity contribution in [2.24, 2.45) is 0 Å². The predicted molar refractivity (Wildman–Crippen MR) is 115 cm³/mol. The number of rotatable bonds is 9. The maximum atomic E-state index is 13.4. The maximum absolute atomic E-state index is 13.4. The monoisotopic (exact) mass is 536 g/mol. The van der Waals surface area contributed by atoms with E-state index in [-0.39, 0.29) is 59.1 Å². The van der Waals surface area contributed by atoms with Crippen molar-refractivity contribution in [3.05, 3.63) is 58.7 Å². The molecule has 0 heterocycles. The van der Waals surface area contributed by atoms with Gasteiger partial charge in [-0.25, -0.2) is 17.6 Å². The van der Waals surface area contributed by atoms with Gasteiger partial charge in [0.15, 0.2) is 0 Å². The quantitative estimate of drug-likeness (QED) is 0.356. The van der Waals surface area contributed by atoms with E-state index < -0.39 is 34.8 Å². The fourth-order valence-corrected chi connectivity index (χ4v) is 2.92. The van der Waals surface area contributed by atoms with E-state index in [1.807, 2.05) is 23.6 Å². The normalized spacial score (nSPS) is 10.3. The maximum Gasteiger partial charge on any atom is 4.00 e. The Balaban J connectivity index is 0. The van der Waals surface area contributed by atoms with Crippen LogP contribution in [0.3, 0.4) is 0 Å². The molecule has 0 N–H and O–H groups in total. The summed E-state index contributed by atoms with van der Waals surface area (Å²) in [5.41, 5.74) is 0.0490. The van der Waals surface area contributed by atoms with E-state index in [1.54, 1.807) is 13.8 Å². The standard InChI is InChI=1S/C20H24F4N2O2.2C2H5O.Ti/c1-3-25(11-13-7-15(21)9-17(23)19(13)27)5-6-26(4-2)12-14-8-16(22)10-18(24)20(14)28;2*1-2-3;/h7-10,27-28H,3-6,11-12H2,1-2H3;2*2H2,1H3;/q;2*-1;+4/p-2. The molecule has 35 heavy (non-hydrogen) atoms. The summed E-state index contributed by atoms with van der Waals surface area (Å²) in [7, 11) is 0. The Kier molecular flexibility index (Phi) is 19.8. The Morgan fingerprint density at radius 2 is 0.914 bits per heavy atom. The van der Waals surface area contributed by atoms with Crippen LogP contribution in [0.15, 0.2) is 24.3 Å². The van der Waals surface area contributed by atoms with Crippen molar-refractivity contribution in [2.75, 3.05) is 39.4 Å². The van der Waals surface area contributed by atoms with Gasteiger partial charge in [-0.05, 0) is 36.3 Å². The summed E-state index contributed by atoms with van der Waals surface area (Å²) in [6, 6.07) is 3.15. The van der Waals surface area contributed by atoms with Crippen molar-refractivity contribution in [3.8, 4) is 11.5 Å². The fourth-order valence-electron chi connectivity index (χ4n) is 2.92. The van der Waals surface area contributed by atoms with Gasteiger partial charge in [0.2, 0.25) is 0 Å². The molecule has 0 aliphatic carbocycles. The van der Waals surface area contributed by atoms with Crippen LogP contribution in [-0.2, 0) is 34.8 Å². The summed E-state index contributed by atoms with van der Waals surface area (Å²) in [6.45, 7) is 8.89. The van der Waals surface area contributed by atoms with E-state index in [0.717, 1.165) is 12.1 Å². The minimum Gasteiger partial charge on any atom is -0.870 e. The zero-order valence-corrected chi connectivity index (χ0v) is 22.1. The molecule has 0 fully saturated rings. The fraction of sp³-hybridized carbons (Fsp3) is 0.500. The smallest absolute Gasteiger partial charge is 0.870 e. The number of halogens is 4. The molecule has 11 heteroatoms. The Bertz CT molecular complexity index is 793. The van der Waals surface area contributed by atoms with Crippen LogP contribution in [0, 0.1) is 23.3 Å². The van der Waals surface area contributed by atoms with Gasteiger partial charge in [0.05, 0.1) is 0 Å². The summed E-state index contributed by atoms with van der Waals surface area (Å²) in [5.74, 6) is -5.55. The van der Waals surface area contributed by atoms with E-state index in [9.17, 15) is 27.8 Å². The topological polar surface area (TPSA) is 98.7 Å². The van der Waals surface area contributed by atoms with Gasteiger partial charge in [-0.15, -0.1) is 13.2 Å². The molecule has 2 aromatic rings. The van der Waals surface area contributed by atoms with E-state index in [1.165, 1.54) is 0 Å². The van der Waals surface area contributed by atoms with Crippen molar-refractivity contribution in [1.29, 1.82) is 0 Å². The molecular weight excluding hydrogens is 504 g/mol. The minimum atomic E-state index is -1.13. The SMILES string of the molecule is CCN(CCN(CC)Cc1cc(F)cc(F)c1[O-])Cc1cc(F)cc(F)c1[O-].CC[O-].CC[O-].[Ti+4]. The molecule has 0 aliphatic heterocycles. The summed E-state index contributed by atoms with van der Waals surface area (Å²) in [4.78, 5) is 3.64. The second-order valence-electron chi connectivity index (χ2n) is 7.07. The first kappa shape index (κ1) is 35.5. The van der Waals surface area contributed by atoms with Crippen LogP contribution in [0.5, 0.6) is 11.5 Å². The van der Waals surface area contributed by atoms with Crippen molar-refractivity contribution in [3.63, 3.8) is 0 Å². The molecule has 194 valence electrons. The molecule has 0 radical (unpaired) electrons. The molecule has 0 atom stereocenters.